The van der Waals surface area contributed by atoms with Gasteiger partial charge in [0.1, 0.15) is 0 Å². The number of H-pyrrole nitrogens is 1. The first-order chi connectivity index (χ1) is 9.08. The van der Waals surface area contributed by atoms with E-state index in [1.807, 2.05) is 25.1 Å². The maximum Gasteiger partial charge on any atom is 0.257 e. The number of rotatable bonds is 2. The number of hydrogen-bond donors (Lipinski definition) is 3. The molecule has 100 valence electrons. The third-order valence-electron chi connectivity index (χ3n) is 3.43. The number of amides is 1. The molecule has 19 heavy (non-hydrogen) atoms. The Hall–Kier alpha value is -1.53. The molecule has 0 spiro atoms. The van der Waals surface area contributed by atoms with Crippen molar-refractivity contribution in [3.05, 3.63) is 23.9 Å². The van der Waals surface area contributed by atoms with Gasteiger partial charge in [-0.25, -0.2) is 0 Å². The fraction of sp³-hybridized carbons (Fsp3) is 0.385. The lowest BCUT2D eigenvalue weighted by Gasteiger charge is -2.20. The number of aromatic amines is 1. The smallest absolute Gasteiger partial charge is 0.257 e. The number of aryl methyl sites for hydroxylation is 1. The third-order valence-corrected chi connectivity index (χ3v) is 4.60. The molecule has 1 fully saturated rings. The van der Waals surface area contributed by atoms with Gasteiger partial charge in [-0.2, -0.15) is 16.9 Å². The number of carbonyl (C=O) groups is 1. The highest BCUT2D eigenvalue weighted by molar-refractivity contribution is 7.99. The summed E-state index contributed by atoms with van der Waals surface area (Å²) < 4.78 is 0. The van der Waals surface area contributed by atoms with Gasteiger partial charge in [-0.1, -0.05) is 0 Å². The first kappa shape index (κ1) is 12.5. The van der Waals surface area contributed by atoms with Crippen molar-refractivity contribution in [2.45, 2.75) is 18.9 Å². The van der Waals surface area contributed by atoms with Crippen LogP contribution >= 0.6 is 11.8 Å². The van der Waals surface area contributed by atoms with E-state index in [1.165, 1.54) is 0 Å². The van der Waals surface area contributed by atoms with E-state index < -0.39 is 5.60 Å². The van der Waals surface area contributed by atoms with Crippen molar-refractivity contribution in [1.29, 1.82) is 0 Å². The molecule has 0 aliphatic carbocycles. The molecule has 1 saturated heterocycles. The fourth-order valence-electron chi connectivity index (χ4n) is 2.20. The lowest BCUT2D eigenvalue weighted by Crippen LogP contribution is -2.42. The predicted octanol–water partition coefficient (Wildman–Crippen LogP) is 1.68. The molecular formula is C13H15N3O2S. The van der Waals surface area contributed by atoms with Gasteiger partial charge >= 0.3 is 0 Å². The average Bonchev–Trinajstić information content (AvgIpc) is 2.98. The molecule has 0 bridgehead atoms. The third kappa shape index (κ3) is 2.21. The minimum absolute atomic E-state index is 0.330. The Balaban J connectivity index is 1.83. The molecule has 2 heterocycles. The van der Waals surface area contributed by atoms with E-state index in [-0.39, 0.29) is 5.91 Å². The minimum atomic E-state index is -1.24. The lowest BCUT2D eigenvalue weighted by molar-refractivity contribution is -0.131. The first-order valence-corrected chi connectivity index (χ1v) is 7.30. The van der Waals surface area contributed by atoms with Crippen molar-refractivity contribution < 1.29 is 9.90 Å². The molecule has 3 N–H and O–H groups in total. The van der Waals surface area contributed by atoms with Crippen LogP contribution in [0.2, 0.25) is 0 Å². The van der Waals surface area contributed by atoms with Crippen LogP contribution in [0, 0.1) is 6.92 Å². The number of carbonyl (C=O) groups excluding carboxylic acids is 1. The molecule has 0 saturated carbocycles. The van der Waals surface area contributed by atoms with Crippen molar-refractivity contribution in [3.63, 3.8) is 0 Å². The molecule has 6 heteroatoms. The monoisotopic (exact) mass is 277 g/mol. The van der Waals surface area contributed by atoms with Crippen molar-refractivity contribution in [2.24, 2.45) is 0 Å². The highest BCUT2D eigenvalue weighted by atomic mass is 32.2. The summed E-state index contributed by atoms with van der Waals surface area (Å²) in [6, 6.07) is 5.55. The second kappa shape index (κ2) is 4.54. The molecule has 1 atom stereocenters. The second-order valence-electron chi connectivity index (χ2n) is 4.87. The number of nitrogens with zero attached hydrogens (tertiary/aromatic N) is 1. The van der Waals surface area contributed by atoms with Gasteiger partial charge in [-0.15, -0.1) is 0 Å². The van der Waals surface area contributed by atoms with Gasteiger partial charge in [0.15, 0.2) is 5.60 Å². The molecule has 0 radical (unpaired) electrons. The van der Waals surface area contributed by atoms with E-state index >= 15 is 0 Å². The SMILES string of the molecule is Cc1[nH]nc2cc(NC(=O)C3(O)CCSC3)ccc12. The zero-order chi connectivity index (χ0) is 13.5. The van der Waals surface area contributed by atoms with Gasteiger partial charge < -0.3 is 10.4 Å². The topological polar surface area (TPSA) is 78.0 Å². The van der Waals surface area contributed by atoms with Crippen LogP contribution < -0.4 is 5.32 Å². The van der Waals surface area contributed by atoms with E-state index in [0.717, 1.165) is 22.3 Å². The van der Waals surface area contributed by atoms with E-state index in [2.05, 4.69) is 15.5 Å². The van der Waals surface area contributed by atoms with Crippen molar-refractivity contribution >= 4 is 34.3 Å². The molecule has 5 nitrogen and oxygen atoms in total. The van der Waals surface area contributed by atoms with Crippen LogP contribution in [0.5, 0.6) is 0 Å². The van der Waals surface area contributed by atoms with Crippen molar-refractivity contribution in [3.8, 4) is 0 Å². The number of nitrogens with one attached hydrogen (secondary N) is 2. The number of thioether (sulfide) groups is 1. The van der Waals surface area contributed by atoms with Crippen LogP contribution in [-0.4, -0.2) is 38.3 Å². The van der Waals surface area contributed by atoms with Crippen molar-refractivity contribution in [2.75, 3.05) is 16.8 Å². The zero-order valence-electron chi connectivity index (χ0n) is 10.6. The molecule has 1 aromatic carbocycles. The van der Waals surface area contributed by atoms with E-state index in [0.29, 0.717) is 17.9 Å². The van der Waals surface area contributed by atoms with Gasteiger partial charge in [-0.05, 0) is 37.3 Å². The number of anilines is 1. The Morgan fingerprint density at radius 2 is 2.42 bits per heavy atom. The Morgan fingerprint density at radius 1 is 1.58 bits per heavy atom. The number of aliphatic hydroxyl groups is 1. The molecule has 1 aromatic heterocycles. The Kier molecular flexibility index (Phi) is 2.99. The van der Waals surface area contributed by atoms with Crippen LogP contribution in [0.25, 0.3) is 10.9 Å². The van der Waals surface area contributed by atoms with Gasteiger partial charge in [0.05, 0.1) is 5.52 Å². The molecule has 1 amide bonds. The number of benzene rings is 1. The fourth-order valence-corrected chi connectivity index (χ4v) is 3.44. The van der Waals surface area contributed by atoms with E-state index in [9.17, 15) is 9.90 Å². The Bertz CT molecular complexity index is 632. The molecule has 2 aromatic rings. The number of hydrogen-bond acceptors (Lipinski definition) is 4. The average molecular weight is 277 g/mol. The van der Waals surface area contributed by atoms with Crippen LogP contribution in [-0.2, 0) is 4.79 Å². The summed E-state index contributed by atoms with van der Waals surface area (Å²) in [5.41, 5.74) is 1.23. The van der Waals surface area contributed by atoms with Crippen LogP contribution in [0.15, 0.2) is 18.2 Å². The maximum atomic E-state index is 12.1. The summed E-state index contributed by atoms with van der Waals surface area (Å²) in [7, 11) is 0. The second-order valence-corrected chi connectivity index (χ2v) is 5.97. The minimum Gasteiger partial charge on any atom is -0.379 e. The summed E-state index contributed by atoms with van der Waals surface area (Å²) in [6.07, 6.45) is 0.507. The molecule has 3 rings (SSSR count). The van der Waals surface area contributed by atoms with E-state index in [1.54, 1.807) is 11.8 Å². The first-order valence-electron chi connectivity index (χ1n) is 6.15. The molecular weight excluding hydrogens is 262 g/mol. The summed E-state index contributed by atoms with van der Waals surface area (Å²) in [5.74, 6) is 0.952. The number of fused-ring (bicyclic) bond motifs is 1. The predicted molar refractivity (Wildman–Crippen MR) is 76.4 cm³/mol. The normalized spacial score (nSPS) is 22.8. The molecule has 1 aliphatic rings. The van der Waals surface area contributed by atoms with Gasteiger partial charge in [0.25, 0.3) is 5.91 Å². The zero-order valence-corrected chi connectivity index (χ0v) is 11.4. The van der Waals surface area contributed by atoms with Crippen LogP contribution in [0.1, 0.15) is 12.1 Å². The summed E-state index contributed by atoms with van der Waals surface area (Å²) >= 11 is 1.60. The lowest BCUT2D eigenvalue weighted by atomic mass is 10.0. The summed E-state index contributed by atoms with van der Waals surface area (Å²) in [4.78, 5) is 12.1. The largest absolute Gasteiger partial charge is 0.379 e. The highest BCUT2D eigenvalue weighted by Gasteiger charge is 2.39. The molecule has 1 unspecified atom stereocenters. The van der Waals surface area contributed by atoms with Gasteiger partial charge in [0.2, 0.25) is 0 Å². The summed E-state index contributed by atoms with van der Waals surface area (Å²) in [6.45, 7) is 1.95. The van der Waals surface area contributed by atoms with E-state index in [4.69, 9.17) is 0 Å². The standard InChI is InChI=1S/C13H15N3O2S/c1-8-10-3-2-9(6-11(10)16-15-8)14-12(17)13(18)4-5-19-7-13/h2-3,6,18H,4-5,7H2,1H3,(H,14,17)(H,15,16). The molecule has 1 aliphatic heterocycles. The Morgan fingerprint density at radius 3 is 3.16 bits per heavy atom. The van der Waals surface area contributed by atoms with Crippen LogP contribution in [0.3, 0.4) is 0 Å². The van der Waals surface area contributed by atoms with Gasteiger partial charge in [-0.3, -0.25) is 9.89 Å². The van der Waals surface area contributed by atoms with Crippen LogP contribution in [0.4, 0.5) is 5.69 Å². The number of aromatic nitrogens is 2. The van der Waals surface area contributed by atoms with Crippen molar-refractivity contribution in [1.82, 2.24) is 10.2 Å². The van der Waals surface area contributed by atoms with Gasteiger partial charge in [0, 0.05) is 22.5 Å². The Labute approximate surface area is 114 Å². The highest BCUT2D eigenvalue weighted by Crippen LogP contribution is 2.29. The summed E-state index contributed by atoms with van der Waals surface area (Å²) in [5, 5.41) is 21.1. The quantitative estimate of drug-likeness (QED) is 0.780. The maximum absolute atomic E-state index is 12.1.